The molecule has 4 heteroatoms. The molecule has 24 heavy (non-hydrogen) atoms. The van der Waals surface area contributed by atoms with E-state index in [-0.39, 0.29) is 16.9 Å². The zero-order chi connectivity index (χ0) is 17.0. The lowest BCUT2D eigenvalue weighted by Crippen LogP contribution is -2.46. The highest BCUT2D eigenvalue weighted by atomic mass is 16.5. The van der Waals surface area contributed by atoms with Crippen LogP contribution >= 0.6 is 0 Å². The molecule has 0 aromatic heterocycles. The number of carbonyl (C=O) groups is 1. The van der Waals surface area contributed by atoms with Gasteiger partial charge in [0, 0.05) is 12.0 Å². The third kappa shape index (κ3) is 3.77. The maximum Gasteiger partial charge on any atom is 0.167 e. The summed E-state index contributed by atoms with van der Waals surface area (Å²) in [4.78, 5) is 12.3. The maximum absolute atomic E-state index is 12.3. The van der Waals surface area contributed by atoms with Gasteiger partial charge in [0.05, 0.1) is 25.2 Å². The summed E-state index contributed by atoms with van der Waals surface area (Å²) in [6.07, 6.45) is 1.35. The number of ketones is 1. The van der Waals surface area contributed by atoms with Crippen LogP contribution in [0.2, 0.25) is 0 Å². The first-order valence-corrected chi connectivity index (χ1v) is 8.22. The number of aromatic hydroxyl groups is 1. The predicted molar refractivity (Wildman–Crippen MR) is 91.6 cm³/mol. The summed E-state index contributed by atoms with van der Waals surface area (Å²) in [5.41, 5.74) is 1.69. The Morgan fingerprint density at radius 3 is 2.33 bits per heavy atom. The van der Waals surface area contributed by atoms with Gasteiger partial charge < -0.3 is 14.6 Å². The highest BCUT2D eigenvalue weighted by molar-refractivity contribution is 5.97. The summed E-state index contributed by atoms with van der Waals surface area (Å²) < 4.78 is 11.1. The Balaban J connectivity index is 1.57. The molecule has 0 aliphatic carbocycles. The van der Waals surface area contributed by atoms with Crippen LogP contribution < -0.4 is 4.74 Å². The van der Waals surface area contributed by atoms with E-state index in [2.05, 4.69) is 6.92 Å². The second-order valence-electron chi connectivity index (χ2n) is 6.43. The zero-order valence-corrected chi connectivity index (χ0v) is 13.8. The Bertz CT molecular complexity index is 679. The molecule has 1 aliphatic heterocycles. The molecule has 0 saturated carbocycles. The van der Waals surface area contributed by atoms with E-state index in [0.29, 0.717) is 18.6 Å². The first-order valence-electron chi connectivity index (χ1n) is 8.22. The molecular formula is C20H22O4. The number of phenolic OH excluding ortho intramolecular Hbond substituents is 1. The molecule has 1 aliphatic rings. The molecule has 0 atom stereocenters. The Morgan fingerprint density at radius 2 is 1.79 bits per heavy atom. The van der Waals surface area contributed by atoms with Crippen LogP contribution in [0.3, 0.4) is 0 Å². The minimum Gasteiger partial charge on any atom is -0.508 e. The molecule has 2 aromatic carbocycles. The fourth-order valence-electron chi connectivity index (χ4n) is 2.65. The molecule has 126 valence electrons. The highest BCUT2D eigenvalue weighted by Gasteiger charge is 2.37. The van der Waals surface area contributed by atoms with Gasteiger partial charge in [0.1, 0.15) is 11.5 Å². The van der Waals surface area contributed by atoms with E-state index >= 15 is 0 Å². The number of phenols is 1. The monoisotopic (exact) mass is 326 g/mol. The standard InChI is InChI=1S/C20H22O4/c1-2-20(12-23-13-20)14-24-18-9-5-16(6-10-18)19(22)11-15-3-7-17(21)8-4-15/h3-10,21H,2,11-14H2,1H3. The Hall–Kier alpha value is -2.33. The number of hydrogen-bond acceptors (Lipinski definition) is 4. The van der Waals surface area contributed by atoms with Gasteiger partial charge >= 0.3 is 0 Å². The van der Waals surface area contributed by atoms with Gasteiger partial charge in [-0.2, -0.15) is 0 Å². The van der Waals surface area contributed by atoms with E-state index in [4.69, 9.17) is 9.47 Å². The quantitative estimate of drug-likeness (QED) is 0.790. The normalized spacial score (nSPS) is 15.5. The number of rotatable bonds is 7. The van der Waals surface area contributed by atoms with Crippen LogP contribution in [0, 0.1) is 5.41 Å². The Morgan fingerprint density at radius 1 is 1.12 bits per heavy atom. The Labute approximate surface area is 142 Å². The van der Waals surface area contributed by atoms with Crippen molar-refractivity contribution in [3.63, 3.8) is 0 Å². The summed E-state index contributed by atoms with van der Waals surface area (Å²) in [6, 6.07) is 14.0. The zero-order valence-electron chi connectivity index (χ0n) is 13.8. The van der Waals surface area contributed by atoms with Crippen LogP contribution in [0.4, 0.5) is 0 Å². The first-order chi connectivity index (χ1) is 11.6. The highest BCUT2D eigenvalue weighted by Crippen LogP contribution is 2.32. The molecule has 0 amide bonds. The van der Waals surface area contributed by atoms with Gasteiger partial charge in [-0.25, -0.2) is 0 Å². The van der Waals surface area contributed by atoms with Crippen molar-refractivity contribution >= 4 is 5.78 Å². The van der Waals surface area contributed by atoms with Gasteiger partial charge in [-0.3, -0.25) is 4.79 Å². The molecule has 0 bridgehead atoms. The lowest BCUT2D eigenvalue weighted by atomic mass is 9.84. The van der Waals surface area contributed by atoms with Gasteiger partial charge in [-0.15, -0.1) is 0 Å². The van der Waals surface area contributed by atoms with Crippen molar-refractivity contribution in [3.8, 4) is 11.5 Å². The fraction of sp³-hybridized carbons (Fsp3) is 0.350. The topological polar surface area (TPSA) is 55.8 Å². The van der Waals surface area contributed by atoms with Crippen molar-refractivity contribution < 1.29 is 19.4 Å². The number of hydrogen-bond donors (Lipinski definition) is 1. The van der Waals surface area contributed by atoms with E-state index in [9.17, 15) is 9.90 Å². The molecule has 1 fully saturated rings. The third-order valence-electron chi connectivity index (χ3n) is 4.59. The van der Waals surface area contributed by atoms with E-state index in [1.165, 1.54) is 0 Å². The van der Waals surface area contributed by atoms with Gasteiger partial charge in [0.2, 0.25) is 0 Å². The largest absolute Gasteiger partial charge is 0.508 e. The van der Waals surface area contributed by atoms with Gasteiger partial charge in [0.25, 0.3) is 0 Å². The second-order valence-corrected chi connectivity index (χ2v) is 6.43. The van der Waals surface area contributed by atoms with Crippen LogP contribution in [0.5, 0.6) is 11.5 Å². The molecule has 2 aromatic rings. The SMILES string of the molecule is CCC1(COc2ccc(C(=O)Cc3ccc(O)cc3)cc2)COC1. The number of Topliss-reactive ketones (excluding diaryl/α,β-unsaturated/α-hetero) is 1. The number of ether oxygens (including phenoxy) is 2. The maximum atomic E-state index is 12.3. The number of carbonyl (C=O) groups excluding carboxylic acids is 1. The Kier molecular flexibility index (Phi) is 4.86. The van der Waals surface area contributed by atoms with Gasteiger partial charge in [-0.1, -0.05) is 19.1 Å². The van der Waals surface area contributed by atoms with Crippen LogP contribution in [0.25, 0.3) is 0 Å². The molecule has 0 unspecified atom stereocenters. The smallest absolute Gasteiger partial charge is 0.167 e. The first kappa shape index (κ1) is 16.5. The molecule has 1 heterocycles. The molecule has 0 spiro atoms. The predicted octanol–water partition coefficient (Wildman–Crippen LogP) is 3.62. The van der Waals surface area contributed by atoms with Crippen LogP contribution in [-0.2, 0) is 11.2 Å². The van der Waals surface area contributed by atoms with E-state index in [0.717, 1.165) is 30.9 Å². The lowest BCUT2D eigenvalue weighted by Gasteiger charge is -2.40. The fourth-order valence-corrected chi connectivity index (χ4v) is 2.65. The second kappa shape index (κ2) is 7.05. The van der Waals surface area contributed by atoms with Crippen molar-refractivity contribution in [3.05, 3.63) is 59.7 Å². The van der Waals surface area contributed by atoms with E-state index in [1.807, 2.05) is 12.1 Å². The van der Waals surface area contributed by atoms with Crippen molar-refractivity contribution in [1.29, 1.82) is 0 Å². The molecule has 1 saturated heterocycles. The van der Waals surface area contributed by atoms with Crippen molar-refractivity contribution in [2.75, 3.05) is 19.8 Å². The molecule has 3 rings (SSSR count). The van der Waals surface area contributed by atoms with Crippen molar-refractivity contribution in [1.82, 2.24) is 0 Å². The number of benzene rings is 2. The minimum absolute atomic E-state index is 0.0460. The molecule has 4 nitrogen and oxygen atoms in total. The lowest BCUT2D eigenvalue weighted by molar-refractivity contribution is -0.133. The molecular weight excluding hydrogens is 304 g/mol. The summed E-state index contributed by atoms with van der Waals surface area (Å²) in [5, 5.41) is 9.28. The summed E-state index contributed by atoms with van der Waals surface area (Å²) in [7, 11) is 0. The van der Waals surface area contributed by atoms with Crippen molar-refractivity contribution in [2.24, 2.45) is 5.41 Å². The summed E-state index contributed by atoms with van der Waals surface area (Å²) in [6.45, 7) is 4.31. The average molecular weight is 326 g/mol. The average Bonchev–Trinajstić information content (AvgIpc) is 2.57. The van der Waals surface area contributed by atoms with Crippen LogP contribution in [0.1, 0.15) is 29.3 Å². The van der Waals surface area contributed by atoms with Gasteiger partial charge in [-0.05, 0) is 48.4 Å². The molecule has 1 N–H and O–H groups in total. The van der Waals surface area contributed by atoms with Crippen LogP contribution in [-0.4, -0.2) is 30.7 Å². The molecule has 0 radical (unpaired) electrons. The summed E-state index contributed by atoms with van der Waals surface area (Å²) in [5.74, 6) is 1.02. The summed E-state index contributed by atoms with van der Waals surface area (Å²) >= 11 is 0. The van der Waals surface area contributed by atoms with E-state index < -0.39 is 0 Å². The minimum atomic E-state index is 0.0460. The van der Waals surface area contributed by atoms with E-state index in [1.54, 1.807) is 36.4 Å². The third-order valence-corrected chi connectivity index (χ3v) is 4.59. The van der Waals surface area contributed by atoms with Crippen molar-refractivity contribution in [2.45, 2.75) is 19.8 Å². The van der Waals surface area contributed by atoms with Crippen LogP contribution in [0.15, 0.2) is 48.5 Å². The van der Waals surface area contributed by atoms with Gasteiger partial charge in [0.15, 0.2) is 5.78 Å².